The minimum atomic E-state index is -1.04. The number of hydrogen-bond donors (Lipinski definition) is 2. The van der Waals surface area contributed by atoms with Gasteiger partial charge in [0.2, 0.25) is 0 Å². The Morgan fingerprint density at radius 2 is 2.38 bits per heavy atom. The maximum absolute atomic E-state index is 10.4. The fourth-order valence-electron chi connectivity index (χ4n) is 0.865. The summed E-state index contributed by atoms with van der Waals surface area (Å²) in [4.78, 5) is 14.2. The first-order chi connectivity index (χ1) is 6.15. The van der Waals surface area contributed by atoms with Crippen molar-refractivity contribution in [3.05, 3.63) is 42.2 Å². The SMILES string of the molecule is C=CC(N)c1ccc(C(=O)O)nc1. The average molecular weight is 178 g/mol. The first-order valence-corrected chi connectivity index (χ1v) is 3.72. The summed E-state index contributed by atoms with van der Waals surface area (Å²) in [6.07, 6.45) is 3.01. The van der Waals surface area contributed by atoms with Crippen LogP contribution in [0, 0.1) is 0 Å². The van der Waals surface area contributed by atoms with Crippen molar-refractivity contribution in [2.45, 2.75) is 6.04 Å². The molecule has 0 aromatic carbocycles. The van der Waals surface area contributed by atoms with E-state index in [1.165, 1.54) is 12.3 Å². The van der Waals surface area contributed by atoms with E-state index in [9.17, 15) is 4.79 Å². The number of carbonyl (C=O) groups is 1. The number of hydrogen-bond acceptors (Lipinski definition) is 3. The van der Waals surface area contributed by atoms with Crippen molar-refractivity contribution in [2.75, 3.05) is 0 Å². The van der Waals surface area contributed by atoms with Gasteiger partial charge in [-0.05, 0) is 11.6 Å². The molecule has 1 atom stereocenters. The second-order valence-corrected chi connectivity index (χ2v) is 2.54. The van der Waals surface area contributed by atoms with Crippen LogP contribution < -0.4 is 5.73 Å². The fourth-order valence-corrected chi connectivity index (χ4v) is 0.865. The van der Waals surface area contributed by atoms with Crippen LogP contribution in [0.25, 0.3) is 0 Å². The van der Waals surface area contributed by atoms with E-state index < -0.39 is 5.97 Å². The molecule has 4 heteroatoms. The number of pyridine rings is 1. The molecular formula is C9H10N2O2. The topological polar surface area (TPSA) is 76.2 Å². The lowest BCUT2D eigenvalue weighted by Gasteiger charge is -2.04. The van der Waals surface area contributed by atoms with E-state index in [1.807, 2.05) is 0 Å². The molecule has 1 heterocycles. The molecule has 4 nitrogen and oxygen atoms in total. The Labute approximate surface area is 75.7 Å². The molecule has 3 N–H and O–H groups in total. The summed E-state index contributed by atoms with van der Waals surface area (Å²) in [5.74, 6) is -1.04. The van der Waals surface area contributed by atoms with Gasteiger partial charge < -0.3 is 10.8 Å². The van der Waals surface area contributed by atoms with Crippen LogP contribution in [0.4, 0.5) is 0 Å². The van der Waals surface area contributed by atoms with Gasteiger partial charge in [-0.25, -0.2) is 9.78 Å². The lowest BCUT2D eigenvalue weighted by molar-refractivity contribution is 0.0690. The van der Waals surface area contributed by atoms with Crippen LogP contribution in [-0.2, 0) is 0 Å². The number of aromatic carboxylic acids is 1. The highest BCUT2D eigenvalue weighted by molar-refractivity contribution is 5.85. The summed E-state index contributed by atoms with van der Waals surface area (Å²) in [7, 11) is 0. The van der Waals surface area contributed by atoms with Crippen molar-refractivity contribution in [3.63, 3.8) is 0 Å². The summed E-state index contributed by atoms with van der Waals surface area (Å²) in [5, 5.41) is 8.56. The molecule has 0 radical (unpaired) electrons. The van der Waals surface area contributed by atoms with Gasteiger partial charge in [0.15, 0.2) is 0 Å². The highest BCUT2D eigenvalue weighted by Gasteiger charge is 2.05. The van der Waals surface area contributed by atoms with Gasteiger partial charge in [-0.3, -0.25) is 0 Å². The molecule has 1 aromatic heterocycles. The summed E-state index contributed by atoms with van der Waals surface area (Å²) < 4.78 is 0. The standard InChI is InChI=1S/C9H10N2O2/c1-2-7(10)6-3-4-8(9(12)13)11-5-6/h2-5,7H,1,10H2,(H,12,13). The lowest BCUT2D eigenvalue weighted by atomic mass is 10.1. The largest absolute Gasteiger partial charge is 0.477 e. The number of nitrogens with two attached hydrogens (primary N) is 1. The molecule has 0 aliphatic carbocycles. The van der Waals surface area contributed by atoms with Gasteiger partial charge in [0, 0.05) is 12.2 Å². The van der Waals surface area contributed by atoms with Gasteiger partial charge in [0.05, 0.1) is 0 Å². The van der Waals surface area contributed by atoms with Crippen molar-refractivity contribution in [1.82, 2.24) is 4.98 Å². The second kappa shape index (κ2) is 3.82. The molecule has 1 rings (SSSR count). The van der Waals surface area contributed by atoms with Crippen LogP contribution in [0.15, 0.2) is 31.0 Å². The van der Waals surface area contributed by atoms with Crippen molar-refractivity contribution in [1.29, 1.82) is 0 Å². The Hall–Kier alpha value is -1.68. The molecular weight excluding hydrogens is 168 g/mol. The highest BCUT2D eigenvalue weighted by Crippen LogP contribution is 2.09. The average Bonchev–Trinajstić information content (AvgIpc) is 2.17. The van der Waals surface area contributed by atoms with Crippen LogP contribution in [0.1, 0.15) is 22.1 Å². The summed E-state index contributed by atoms with van der Waals surface area (Å²) in [6.45, 7) is 3.53. The molecule has 0 bridgehead atoms. The van der Waals surface area contributed by atoms with Crippen LogP contribution in [0.2, 0.25) is 0 Å². The van der Waals surface area contributed by atoms with Crippen LogP contribution in [0.3, 0.4) is 0 Å². The van der Waals surface area contributed by atoms with E-state index in [-0.39, 0.29) is 11.7 Å². The normalized spacial score (nSPS) is 12.1. The maximum atomic E-state index is 10.4. The maximum Gasteiger partial charge on any atom is 0.354 e. The third-order valence-electron chi connectivity index (χ3n) is 1.64. The quantitative estimate of drug-likeness (QED) is 0.676. The Morgan fingerprint density at radius 3 is 2.77 bits per heavy atom. The number of carboxylic acids is 1. The van der Waals surface area contributed by atoms with Gasteiger partial charge in [0.25, 0.3) is 0 Å². The minimum Gasteiger partial charge on any atom is -0.477 e. The Kier molecular flexibility index (Phi) is 2.76. The van der Waals surface area contributed by atoms with Crippen LogP contribution >= 0.6 is 0 Å². The van der Waals surface area contributed by atoms with Gasteiger partial charge in [0.1, 0.15) is 5.69 Å². The third-order valence-corrected chi connectivity index (χ3v) is 1.64. The predicted octanol–water partition coefficient (Wildman–Crippen LogP) is 0.966. The monoisotopic (exact) mass is 178 g/mol. The molecule has 1 unspecified atom stereocenters. The van der Waals surface area contributed by atoms with E-state index in [0.717, 1.165) is 5.56 Å². The molecule has 0 amide bonds. The molecule has 0 fully saturated rings. The van der Waals surface area contributed by atoms with E-state index in [0.29, 0.717) is 0 Å². The van der Waals surface area contributed by atoms with Crippen molar-refractivity contribution in [3.8, 4) is 0 Å². The van der Waals surface area contributed by atoms with E-state index in [4.69, 9.17) is 10.8 Å². The zero-order valence-electron chi connectivity index (χ0n) is 6.97. The number of nitrogens with zero attached hydrogens (tertiary/aromatic N) is 1. The van der Waals surface area contributed by atoms with Crippen molar-refractivity contribution < 1.29 is 9.90 Å². The van der Waals surface area contributed by atoms with Gasteiger partial charge in [-0.1, -0.05) is 12.1 Å². The first-order valence-electron chi connectivity index (χ1n) is 3.72. The third kappa shape index (κ3) is 2.13. The molecule has 0 saturated carbocycles. The van der Waals surface area contributed by atoms with E-state index in [1.54, 1.807) is 12.1 Å². The molecule has 68 valence electrons. The first kappa shape index (κ1) is 9.41. The zero-order valence-corrected chi connectivity index (χ0v) is 6.97. The number of aromatic nitrogens is 1. The molecule has 13 heavy (non-hydrogen) atoms. The molecule has 0 saturated heterocycles. The Morgan fingerprint density at radius 1 is 1.69 bits per heavy atom. The highest BCUT2D eigenvalue weighted by atomic mass is 16.4. The number of rotatable bonds is 3. The Bertz CT molecular complexity index is 319. The smallest absolute Gasteiger partial charge is 0.354 e. The van der Waals surface area contributed by atoms with Crippen molar-refractivity contribution in [2.24, 2.45) is 5.73 Å². The van der Waals surface area contributed by atoms with Crippen LogP contribution in [-0.4, -0.2) is 16.1 Å². The van der Waals surface area contributed by atoms with Crippen molar-refractivity contribution >= 4 is 5.97 Å². The summed E-state index contributed by atoms with van der Waals surface area (Å²) in [5.41, 5.74) is 6.38. The minimum absolute atomic E-state index is 0.0139. The molecule has 1 aromatic rings. The molecule has 0 aliphatic heterocycles. The van der Waals surface area contributed by atoms with Gasteiger partial charge in [-0.2, -0.15) is 0 Å². The van der Waals surface area contributed by atoms with E-state index in [2.05, 4.69) is 11.6 Å². The second-order valence-electron chi connectivity index (χ2n) is 2.54. The zero-order chi connectivity index (χ0) is 9.84. The predicted molar refractivity (Wildman–Crippen MR) is 48.3 cm³/mol. The Balaban J connectivity index is 2.93. The summed E-state index contributed by atoms with van der Waals surface area (Å²) in [6, 6.07) is 2.75. The van der Waals surface area contributed by atoms with Gasteiger partial charge in [-0.15, -0.1) is 6.58 Å². The molecule has 0 aliphatic rings. The van der Waals surface area contributed by atoms with Gasteiger partial charge >= 0.3 is 5.97 Å². The molecule has 0 spiro atoms. The summed E-state index contributed by atoms with van der Waals surface area (Å²) >= 11 is 0. The lowest BCUT2D eigenvalue weighted by Crippen LogP contribution is -2.08. The van der Waals surface area contributed by atoms with E-state index >= 15 is 0 Å². The number of carboxylic acid groups (broad SMARTS) is 1. The fraction of sp³-hybridized carbons (Fsp3) is 0.111. The van der Waals surface area contributed by atoms with Crippen LogP contribution in [0.5, 0.6) is 0 Å².